The number of hydrogen-bond acceptors (Lipinski definition) is 1. The molecule has 0 saturated heterocycles. The van der Waals surface area contributed by atoms with Gasteiger partial charge in [0.05, 0.1) is 0 Å². The summed E-state index contributed by atoms with van der Waals surface area (Å²) < 4.78 is 0. The number of hydrogen-bond donors (Lipinski definition) is 1. The van der Waals surface area contributed by atoms with Gasteiger partial charge in [0.15, 0.2) is 0 Å². The molecule has 1 nitrogen and oxygen atoms in total. The van der Waals surface area contributed by atoms with Gasteiger partial charge >= 0.3 is 0 Å². The minimum Gasteiger partial charge on any atom is -0.306 e. The molecule has 1 heteroatoms. The normalized spacial score (nSPS) is 20.5. The van der Waals surface area contributed by atoms with Crippen LogP contribution in [-0.4, -0.2) is 0 Å². The summed E-state index contributed by atoms with van der Waals surface area (Å²) in [6.07, 6.45) is 3.00. The molecular formula is C11H13N. The largest absolute Gasteiger partial charge is 0.306 e. The lowest BCUT2D eigenvalue weighted by molar-refractivity contribution is 0.591. The average molecular weight is 159 g/mol. The SMILES string of the molecule is C=CCC1NCc2ccccc21. The summed E-state index contributed by atoms with van der Waals surface area (Å²) in [6.45, 7) is 4.77. The van der Waals surface area contributed by atoms with E-state index in [4.69, 9.17) is 0 Å². The highest BCUT2D eigenvalue weighted by atomic mass is 14.9. The summed E-state index contributed by atoms with van der Waals surface area (Å²) in [5.74, 6) is 0. The first-order valence-corrected chi connectivity index (χ1v) is 4.34. The molecule has 0 aromatic heterocycles. The molecule has 1 atom stereocenters. The highest BCUT2D eigenvalue weighted by molar-refractivity contribution is 5.33. The van der Waals surface area contributed by atoms with Crippen LogP contribution in [-0.2, 0) is 6.54 Å². The fourth-order valence-electron chi connectivity index (χ4n) is 1.76. The van der Waals surface area contributed by atoms with Gasteiger partial charge in [0, 0.05) is 12.6 Å². The molecule has 2 rings (SSSR count). The Bertz CT molecular complexity index is 291. The fourth-order valence-corrected chi connectivity index (χ4v) is 1.76. The van der Waals surface area contributed by atoms with Crippen molar-refractivity contribution < 1.29 is 0 Å². The minimum absolute atomic E-state index is 0.499. The van der Waals surface area contributed by atoms with Crippen LogP contribution in [0.15, 0.2) is 36.9 Å². The molecule has 0 saturated carbocycles. The topological polar surface area (TPSA) is 12.0 Å². The van der Waals surface area contributed by atoms with Crippen molar-refractivity contribution in [3.05, 3.63) is 48.0 Å². The summed E-state index contributed by atoms with van der Waals surface area (Å²) >= 11 is 0. The van der Waals surface area contributed by atoms with Gasteiger partial charge in [-0.25, -0.2) is 0 Å². The average Bonchev–Trinajstić information content (AvgIpc) is 2.50. The summed E-state index contributed by atoms with van der Waals surface area (Å²) in [7, 11) is 0. The molecule has 0 radical (unpaired) electrons. The van der Waals surface area contributed by atoms with Crippen LogP contribution in [0.1, 0.15) is 23.6 Å². The number of nitrogens with one attached hydrogen (secondary N) is 1. The molecule has 1 aromatic carbocycles. The van der Waals surface area contributed by atoms with Crippen molar-refractivity contribution in [3.63, 3.8) is 0 Å². The molecule has 0 spiro atoms. The van der Waals surface area contributed by atoms with E-state index in [1.165, 1.54) is 11.1 Å². The molecule has 1 N–H and O–H groups in total. The van der Waals surface area contributed by atoms with Gasteiger partial charge in [-0.05, 0) is 17.5 Å². The van der Waals surface area contributed by atoms with Crippen molar-refractivity contribution in [1.82, 2.24) is 5.32 Å². The highest BCUT2D eigenvalue weighted by Crippen LogP contribution is 2.27. The Kier molecular flexibility index (Phi) is 1.96. The zero-order valence-electron chi connectivity index (χ0n) is 7.09. The Labute approximate surface area is 73.1 Å². The van der Waals surface area contributed by atoms with Gasteiger partial charge < -0.3 is 5.32 Å². The van der Waals surface area contributed by atoms with E-state index in [-0.39, 0.29) is 0 Å². The van der Waals surface area contributed by atoms with Crippen LogP contribution in [0.2, 0.25) is 0 Å². The van der Waals surface area contributed by atoms with E-state index < -0.39 is 0 Å². The second-order valence-corrected chi connectivity index (χ2v) is 3.16. The molecule has 0 amide bonds. The van der Waals surface area contributed by atoms with Crippen LogP contribution in [0.5, 0.6) is 0 Å². The summed E-state index contributed by atoms with van der Waals surface area (Å²) in [6, 6.07) is 9.08. The predicted octanol–water partition coefficient (Wildman–Crippen LogP) is 2.41. The maximum Gasteiger partial charge on any atom is 0.0361 e. The lowest BCUT2D eigenvalue weighted by atomic mass is 10.0. The van der Waals surface area contributed by atoms with Crippen LogP contribution in [0.4, 0.5) is 0 Å². The van der Waals surface area contributed by atoms with E-state index in [9.17, 15) is 0 Å². The van der Waals surface area contributed by atoms with E-state index in [1.807, 2.05) is 6.08 Å². The molecule has 0 aliphatic carbocycles. The van der Waals surface area contributed by atoms with Crippen LogP contribution in [0.25, 0.3) is 0 Å². The molecule has 1 aliphatic rings. The second-order valence-electron chi connectivity index (χ2n) is 3.16. The Hall–Kier alpha value is -1.08. The van der Waals surface area contributed by atoms with Crippen LogP contribution < -0.4 is 5.32 Å². The lowest BCUT2D eigenvalue weighted by Crippen LogP contribution is -2.10. The number of benzene rings is 1. The van der Waals surface area contributed by atoms with Crippen molar-refractivity contribution in [1.29, 1.82) is 0 Å². The molecule has 1 heterocycles. The third-order valence-electron chi connectivity index (χ3n) is 2.37. The van der Waals surface area contributed by atoms with E-state index in [0.717, 1.165) is 13.0 Å². The molecule has 62 valence electrons. The molecule has 12 heavy (non-hydrogen) atoms. The second kappa shape index (κ2) is 3.11. The van der Waals surface area contributed by atoms with Crippen molar-refractivity contribution in [2.45, 2.75) is 19.0 Å². The van der Waals surface area contributed by atoms with E-state index in [2.05, 4.69) is 36.2 Å². The van der Waals surface area contributed by atoms with Gasteiger partial charge in [0.25, 0.3) is 0 Å². The Balaban J connectivity index is 2.29. The number of rotatable bonds is 2. The first kappa shape index (κ1) is 7.56. The van der Waals surface area contributed by atoms with Crippen molar-refractivity contribution in [3.8, 4) is 0 Å². The fraction of sp³-hybridized carbons (Fsp3) is 0.273. The standard InChI is InChI=1S/C11H13N/c1-2-5-11-10-7-4-3-6-9(10)8-12-11/h2-4,6-7,11-12H,1,5,8H2. The maximum atomic E-state index is 3.76. The van der Waals surface area contributed by atoms with Gasteiger partial charge in [-0.3, -0.25) is 0 Å². The molecule has 1 aliphatic heterocycles. The van der Waals surface area contributed by atoms with E-state index >= 15 is 0 Å². The van der Waals surface area contributed by atoms with Crippen LogP contribution in [0, 0.1) is 0 Å². The first-order chi connectivity index (χ1) is 5.92. The van der Waals surface area contributed by atoms with Gasteiger partial charge in [-0.15, -0.1) is 6.58 Å². The predicted molar refractivity (Wildman–Crippen MR) is 50.8 cm³/mol. The van der Waals surface area contributed by atoms with Crippen molar-refractivity contribution >= 4 is 0 Å². The minimum atomic E-state index is 0.499. The third-order valence-corrected chi connectivity index (χ3v) is 2.37. The molecule has 0 bridgehead atoms. The zero-order valence-corrected chi connectivity index (χ0v) is 7.09. The summed E-state index contributed by atoms with van der Waals surface area (Å²) in [4.78, 5) is 0. The molecule has 1 unspecified atom stereocenters. The van der Waals surface area contributed by atoms with Crippen molar-refractivity contribution in [2.24, 2.45) is 0 Å². The van der Waals surface area contributed by atoms with Gasteiger partial charge in [-0.2, -0.15) is 0 Å². The van der Waals surface area contributed by atoms with Gasteiger partial charge in [-0.1, -0.05) is 30.3 Å². The van der Waals surface area contributed by atoms with E-state index in [1.54, 1.807) is 0 Å². The van der Waals surface area contributed by atoms with Gasteiger partial charge in [0.2, 0.25) is 0 Å². The first-order valence-electron chi connectivity index (χ1n) is 4.34. The van der Waals surface area contributed by atoms with Crippen molar-refractivity contribution in [2.75, 3.05) is 0 Å². The Morgan fingerprint density at radius 3 is 3.17 bits per heavy atom. The summed E-state index contributed by atoms with van der Waals surface area (Å²) in [5.41, 5.74) is 2.88. The monoisotopic (exact) mass is 159 g/mol. The zero-order chi connectivity index (χ0) is 8.39. The quantitative estimate of drug-likeness (QED) is 0.653. The Morgan fingerprint density at radius 2 is 2.33 bits per heavy atom. The maximum absolute atomic E-state index is 3.76. The highest BCUT2D eigenvalue weighted by Gasteiger charge is 2.18. The van der Waals surface area contributed by atoms with E-state index in [0.29, 0.717) is 6.04 Å². The Morgan fingerprint density at radius 1 is 1.50 bits per heavy atom. The molecule has 0 fully saturated rings. The summed E-state index contributed by atoms with van der Waals surface area (Å²) in [5, 5.41) is 3.45. The lowest BCUT2D eigenvalue weighted by Gasteiger charge is -2.07. The van der Waals surface area contributed by atoms with Gasteiger partial charge in [0.1, 0.15) is 0 Å². The third kappa shape index (κ3) is 1.16. The molecular weight excluding hydrogens is 146 g/mol. The van der Waals surface area contributed by atoms with Crippen LogP contribution in [0.3, 0.4) is 0 Å². The smallest absolute Gasteiger partial charge is 0.0361 e. The van der Waals surface area contributed by atoms with Crippen LogP contribution >= 0.6 is 0 Å². The molecule has 1 aromatic rings. The number of fused-ring (bicyclic) bond motifs is 1.